The zero-order valence-corrected chi connectivity index (χ0v) is 18.7. The number of hydrogen-bond acceptors (Lipinski definition) is 5. The fraction of sp³-hybridized carbons (Fsp3) is 0.250. The normalized spacial score (nSPS) is 14.0. The highest BCUT2D eigenvalue weighted by molar-refractivity contribution is 7.90. The maximum atomic E-state index is 14.7. The molecule has 1 aliphatic rings. The molecule has 8 heteroatoms. The first-order valence-corrected chi connectivity index (χ1v) is 12.2. The van der Waals surface area contributed by atoms with Crippen molar-refractivity contribution < 1.29 is 17.6 Å². The number of sulfone groups is 1. The van der Waals surface area contributed by atoms with Crippen molar-refractivity contribution in [2.75, 3.05) is 18.5 Å². The summed E-state index contributed by atoms with van der Waals surface area (Å²) in [5.41, 5.74) is 10.0. The number of aromatic nitrogens is 1. The lowest BCUT2D eigenvalue weighted by molar-refractivity contribution is 0.0744. The van der Waals surface area contributed by atoms with Gasteiger partial charge in [0.2, 0.25) is 0 Å². The molecule has 1 aliphatic heterocycles. The van der Waals surface area contributed by atoms with Crippen LogP contribution in [0.15, 0.2) is 53.6 Å². The zero-order valence-electron chi connectivity index (χ0n) is 17.9. The molecule has 0 radical (unpaired) electrons. The van der Waals surface area contributed by atoms with Crippen molar-refractivity contribution in [1.82, 2.24) is 9.88 Å². The van der Waals surface area contributed by atoms with Gasteiger partial charge in [0.1, 0.15) is 16.5 Å². The molecule has 32 heavy (non-hydrogen) atoms. The van der Waals surface area contributed by atoms with Gasteiger partial charge in [-0.05, 0) is 72.4 Å². The summed E-state index contributed by atoms with van der Waals surface area (Å²) in [5.74, 6) is -0.731. The molecule has 2 N–H and O–H groups in total. The SMILES string of the molecule is Cc1c(C(=O)N2CCCc3ccc(-c4ccc(N)nc4)cc3C2)ccc(S(C)(=O)=O)c1F. The van der Waals surface area contributed by atoms with Crippen LogP contribution in [-0.4, -0.2) is 37.0 Å². The second-order valence-electron chi connectivity index (χ2n) is 8.11. The molecule has 0 atom stereocenters. The Bertz CT molecular complexity index is 1300. The average molecular weight is 454 g/mol. The summed E-state index contributed by atoms with van der Waals surface area (Å²) in [6.45, 7) is 2.36. The number of rotatable bonds is 3. The molecule has 2 heterocycles. The van der Waals surface area contributed by atoms with Crippen LogP contribution < -0.4 is 5.73 Å². The Labute approximate surface area is 186 Å². The van der Waals surface area contributed by atoms with Gasteiger partial charge in [-0.15, -0.1) is 0 Å². The quantitative estimate of drug-likeness (QED) is 0.652. The molecule has 0 unspecified atom stereocenters. The molecule has 6 nitrogen and oxygen atoms in total. The van der Waals surface area contributed by atoms with E-state index >= 15 is 0 Å². The van der Waals surface area contributed by atoms with Gasteiger partial charge >= 0.3 is 0 Å². The van der Waals surface area contributed by atoms with E-state index in [9.17, 15) is 17.6 Å². The Kier molecular flexibility index (Phi) is 5.73. The number of hydrogen-bond donors (Lipinski definition) is 1. The van der Waals surface area contributed by atoms with Crippen molar-refractivity contribution in [3.63, 3.8) is 0 Å². The Morgan fingerprint density at radius 2 is 1.84 bits per heavy atom. The van der Waals surface area contributed by atoms with E-state index in [2.05, 4.69) is 11.1 Å². The topological polar surface area (TPSA) is 93.4 Å². The van der Waals surface area contributed by atoms with Gasteiger partial charge in [-0.3, -0.25) is 4.79 Å². The lowest BCUT2D eigenvalue weighted by atomic mass is 9.98. The van der Waals surface area contributed by atoms with E-state index in [1.54, 1.807) is 17.2 Å². The molecule has 1 aromatic heterocycles. The summed E-state index contributed by atoms with van der Waals surface area (Å²) in [6.07, 6.45) is 4.28. The molecule has 0 spiro atoms. The first-order chi connectivity index (χ1) is 15.1. The summed E-state index contributed by atoms with van der Waals surface area (Å²) < 4.78 is 38.3. The summed E-state index contributed by atoms with van der Waals surface area (Å²) in [6, 6.07) is 12.4. The largest absolute Gasteiger partial charge is 0.384 e. The van der Waals surface area contributed by atoms with Crippen molar-refractivity contribution in [3.8, 4) is 11.1 Å². The van der Waals surface area contributed by atoms with E-state index in [1.807, 2.05) is 18.2 Å². The molecular formula is C24H24FN3O3S. The van der Waals surface area contributed by atoms with Gasteiger partial charge in [-0.2, -0.15) is 0 Å². The van der Waals surface area contributed by atoms with Gasteiger partial charge in [-0.1, -0.05) is 12.1 Å². The number of fused-ring (bicyclic) bond motifs is 1. The van der Waals surface area contributed by atoms with E-state index in [1.165, 1.54) is 24.6 Å². The number of nitrogens with zero attached hydrogens (tertiary/aromatic N) is 2. The third-order valence-corrected chi connectivity index (χ3v) is 6.94. The molecule has 2 aromatic carbocycles. The molecule has 166 valence electrons. The molecule has 1 amide bonds. The van der Waals surface area contributed by atoms with Crippen LogP contribution in [-0.2, 0) is 22.8 Å². The molecule has 0 saturated carbocycles. The van der Waals surface area contributed by atoms with Crippen molar-refractivity contribution in [1.29, 1.82) is 0 Å². The third-order valence-electron chi connectivity index (χ3n) is 5.83. The minimum atomic E-state index is -3.72. The first kappa shape index (κ1) is 22.0. The number of halogens is 1. The molecule has 0 saturated heterocycles. The van der Waals surface area contributed by atoms with Gasteiger partial charge in [-0.25, -0.2) is 17.8 Å². The number of benzene rings is 2. The first-order valence-electron chi connectivity index (χ1n) is 10.3. The fourth-order valence-electron chi connectivity index (χ4n) is 4.04. The van der Waals surface area contributed by atoms with Crippen LogP contribution in [0.3, 0.4) is 0 Å². The van der Waals surface area contributed by atoms with Crippen molar-refractivity contribution in [3.05, 3.63) is 76.7 Å². The highest BCUT2D eigenvalue weighted by atomic mass is 32.2. The smallest absolute Gasteiger partial charge is 0.254 e. The van der Waals surface area contributed by atoms with E-state index in [0.29, 0.717) is 18.9 Å². The van der Waals surface area contributed by atoms with Crippen molar-refractivity contribution in [2.24, 2.45) is 0 Å². The van der Waals surface area contributed by atoms with Crippen LogP contribution in [0.25, 0.3) is 11.1 Å². The number of carbonyl (C=O) groups excluding carboxylic acids is 1. The molecule has 3 aromatic rings. The number of anilines is 1. The molecule has 0 bridgehead atoms. The van der Waals surface area contributed by atoms with E-state index < -0.39 is 20.5 Å². The van der Waals surface area contributed by atoms with Crippen LogP contribution in [0.5, 0.6) is 0 Å². The van der Waals surface area contributed by atoms with Crippen molar-refractivity contribution in [2.45, 2.75) is 31.2 Å². The van der Waals surface area contributed by atoms with Crippen LogP contribution in [0, 0.1) is 12.7 Å². The van der Waals surface area contributed by atoms with Crippen LogP contribution in [0.4, 0.5) is 10.2 Å². The predicted molar refractivity (Wildman–Crippen MR) is 121 cm³/mol. The summed E-state index contributed by atoms with van der Waals surface area (Å²) in [5, 5.41) is 0. The number of nitrogens with two attached hydrogens (primary N) is 1. The standard InChI is InChI=1S/C24H24FN3O3S/c1-15-20(8-9-21(23(15)25)32(2,30)31)24(29)28-11-3-4-16-5-6-17(12-19(16)14-28)18-7-10-22(26)27-13-18/h5-10,12-13H,3-4,11,14H2,1-2H3,(H2,26,27). The average Bonchev–Trinajstić information content (AvgIpc) is 2.96. The van der Waals surface area contributed by atoms with Crippen LogP contribution in [0.1, 0.15) is 33.5 Å². The molecule has 0 aliphatic carbocycles. The number of nitrogen functional groups attached to an aromatic ring is 1. The fourth-order valence-corrected chi connectivity index (χ4v) is 4.83. The lowest BCUT2D eigenvalue weighted by Crippen LogP contribution is -2.31. The highest BCUT2D eigenvalue weighted by Gasteiger charge is 2.25. The van der Waals surface area contributed by atoms with E-state index in [-0.39, 0.29) is 17.0 Å². The monoisotopic (exact) mass is 453 g/mol. The minimum absolute atomic E-state index is 0.0455. The van der Waals surface area contributed by atoms with E-state index in [0.717, 1.165) is 35.8 Å². The van der Waals surface area contributed by atoms with Crippen LogP contribution >= 0.6 is 0 Å². The molecule has 0 fully saturated rings. The summed E-state index contributed by atoms with van der Waals surface area (Å²) in [7, 11) is -3.72. The van der Waals surface area contributed by atoms with Crippen molar-refractivity contribution >= 4 is 21.6 Å². The van der Waals surface area contributed by atoms with Crippen LogP contribution in [0.2, 0.25) is 0 Å². The molecular weight excluding hydrogens is 429 g/mol. The Morgan fingerprint density at radius 3 is 2.53 bits per heavy atom. The van der Waals surface area contributed by atoms with Gasteiger partial charge < -0.3 is 10.6 Å². The maximum absolute atomic E-state index is 14.7. The number of carbonyl (C=O) groups is 1. The zero-order chi connectivity index (χ0) is 23.0. The van der Waals surface area contributed by atoms with Gasteiger partial charge in [0.05, 0.1) is 0 Å². The van der Waals surface area contributed by atoms with Gasteiger partial charge in [0.25, 0.3) is 5.91 Å². The second kappa shape index (κ2) is 8.35. The highest BCUT2D eigenvalue weighted by Crippen LogP contribution is 2.28. The Hall–Kier alpha value is -3.26. The third kappa shape index (κ3) is 4.23. The summed E-state index contributed by atoms with van der Waals surface area (Å²) >= 11 is 0. The molecule has 4 rings (SSSR count). The number of amides is 1. The minimum Gasteiger partial charge on any atom is -0.384 e. The van der Waals surface area contributed by atoms with E-state index in [4.69, 9.17) is 5.73 Å². The van der Waals surface area contributed by atoms with Gasteiger partial charge in [0.15, 0.2) is 9.84 Å². The maximum Gasteiger partial charge on any atom is 0.254 e. The summed E-state index contributed by atoms with van der Waals surface area (Å²) in [4.78, 5) is 18.7. The van der Waals surface area contributed by atoms with Gasteiger partial charge in [0, 0.05) is 36.7 Å². The number of pyridine rings is 1. The Balaban J connectivity index is 1.66. The predicted octanol–water partition coefficient (Wildman–Crippen LogP) is 3.77. The second-order valence-corrected chi connectivity index (χ2v) is 10.1. The number of aryl methyl sites for hydroxylation is 1. The lowest BCUT2D eigenvalue weighted by Gasteiger charge is -2.22. The Morgan fingerprint density at radius 1 is 1.09 bits per heavy atom.